The molecule has 2 saturated heterocycles. The third kappa shape index (κ3) is 3.57. The van der Waals surface area contributed by atoms with Crippen molar-refractivity contribution in [3.63, 3.8) is 0 Å². The lowest BCUT2D eigenvalue weighted by Crippen LogP contribution is -2.70. The number of hydrogen-bond donors (Lipinski definition) is 0. The summed E-state index contributed by atoms with van der Waals surface area (Å²) in [6.07, 6.45) is 0.141. The summed E-state index contributed by atoms with van der Waals surface area (Å²) in [5, 5.41) is 0. The van der Waals surface area contributed by atoms with Crippen LogP contribution in [0.25, 0.3) is 0 Å². The number of rotatable bonds is 2. The minimum atomic E-state index is -0.517. The van der Waals surface area contributed by atoms with Crippen LogP contribution in [-0.2, 0) is 16.1 Å². The van der Waals surface area contributed by atoms with Gasteiger partial charge in [-0.2, -0.15) is 0 Å². The first-order valence-corrected chi connectivity index (χ1v) is 8.76. The summed E-state index contributed by atoms with van der Waals surface area (Å²) >= 11 is 0. The standard InChI is InChI=1S/C19H26N2O4/c1-13-16-15(10-11-20(16)17(22)25-19(2,3)4)21(13)18(23)24-12-14-8-6-5-7-9-14/h5-9,13,15-16H,10-12H2,1-4H3/t13-,15+,16+/m0/s1. The lowest BCUT2D eigenvalue weighted by atomic mass is 9.89. The van der Waals surface area contributed by atoms with E-state index in [4.69, 9.17) is 9.47 Å². The van der Waals surface area contributed by atoms with Gasteiger partial charge in [-0.3, -0.25) is 4.90 Å². The van der Waals surface area contributed by atoms with Crippen molar-refractivity contribution in [2.45, 2.75) is 64.4 Å². The number of hydrogen-bond acceptors (Lipinski definition) is 4. The van der Waals surface area contributed by atoms with E-state index in [1.807, 2.05) is 58.0 Å². The maximum atomic E-state index is 12.4. The van der Waals surface area contributed by atoms with Crippen LogP contribution in [0.3, 0.4) is 0 Å². The molecule has 1 aromatic carbocycles. The van der Waals surface area contributed by atoms with Gasteiger partial charge in [0.1, 0.15) is 12.2 Å². The van der Waals surface area contributed by atoms with Crippen LogP contribution in [0.5, 0.6) is 0 Å². The van der Waals surface area contributed by atoms with Crippen molar-refractivity contribution in [1.29, 1.82) is 0 Å². The van der Waals surface area contributed by atoms with E-state index in [9.17, 15) is 9.59 Å². The number of amides is 2. The highest BCUT2D eigenvalue weighted by Crippen LogP contribution is 2.39. The molecule has 0 spiro atoms. The van der Waals surface area contributed by atoms with Crippen LogP contribution in [0.1, 0.15) is 39.7 Å². The van der Waals surface area contributed by atoms with E-state index in [1.165, 1.54) is 0 Å². The Balaban J connectivity index is 1.57. The van der Waals surface area contributed by atoms with E-state index in [2.05, 4.69) is 0 Å². The van der Waals surface area contributed by atoms with E-state index in [-0.39, 0.29) is 36.9 Å². The number of nitrogens with zero attached hydrogens (tertiary/aromatic N) is 2. The highest BCUT2D eigenvalue weighted by Gasteiger charge is 2.57. The monoisotopic (exact) mass is 346 g/mol. The Labute approximate surface area is 148 Å². The maximum Gasteiger partial charge on any atom is 0.410 e. The van der Waals surface area contributed by atoms with Crippen molar-refractivity contribution in [2.24, 2.45) is 0 Å². The molecule has 3 rings (SSSR count). The van der Waals surface area contributed by atoms with E-state index in [0.29, 0.717) is 6.54 Å². The molecule has 0 bridgehead atoms. The van der Waals surface area contributed by atoms with Gasteiger partial charge >= 0.3 is 12.2 Å². The first kappa shape index (κ1) is 17.6. The predicted octanol–water partition coefficient (Wildman–Crippen LogP) is 3.41. The Morgan fingerprint density at radius 2 is 1.84 bits per heavy atom. The Kier molecular flexibility index (Phi) is 4.62. The topological polar surface area (TPSA) is 59.1 Å². The van der Waals surface area contributed by atoms with Crippen LogP contribution in [0, 0.1) is 0 Å². The summed E-state index contributed by atoms with van der Waals surface area (Å²) in [6, 6.07) is 9.58. The number of fused-ring (bicyclic) bond motifs is 1. The van der Waals surface area contributed by atoms with Crippen molar-refractivity contribution < 1.29 is 19.1 Å². The fraction of sp³-hybridized carbons (Fsp3) is 0.579. The van der Waals surface area contributed by atoms with Crippen LogP contribution in [0.2, 0.25) is 0 Å². The van der Waals surface area contributed by atoms with Gasteiger partial charge in [-0.25, -0.2) is 9.59 Å². The van der Waals surface area contributed by atoms with Crippen LogP contribution < -0.4 is 0 Å². The molecule has 0 aliphatic carbocycles. The van der Waals surface area contributed by atoms with Gasteiger partial charge in [0.25, 0.3) is 0 Å². The fourth-order valence-corrected chi connectivity index (χ4v) is 3.68. The average Bonchev–Trinajstić information content (AvgIpc) is 2.92. The summed E-state index contributed by atoms with van der Waals surface area (Å²) in [4.78, 5) is 28.3. The molecule has 0 saturated carbocycles. The first-order valence-electron chi connectivity index (χ1n) is 8.76. The zero-order chi connectivity index (χ0) is 18.2. The molecule has 2 aliphatic rings. The molecule has 2 aliphatic heterocycles. The normalized spacial score (nSPS) is 25.2. The molecule has 0 unspecified atom stereocenters. The van der Waals surface area contributed by atoms with Gasteiger partial charge in [0.05, 0.1) is 18.1 Å². The minimum absolute atomic E-state index is 0.0131. The van der Waals surface area contributed by atoms with Gasteiger partial charge in [0, 0.05) is 6.54 Å². The van der Waals surface area contributed by atoms with Gasteiger partial charge in [-0.05, 0) is 39.7 Å². The zero-order valence-electron chi connectivity index (χ0n) is 15.3. The molecule has 2 fully saturated rings. The van der Waals surface area contributed by atoms with Crippen LogP contribution in [-0.4, -0.2) is 52.3 Å². The molecule has 6 nitrogen and oxygen atoms in total. The smallest absolute Gasteiger partial charge is 0.410 e. The quantitative estimate of drug-likeness (QED) is 0.823. The van der Waals surface area contributed by atoms with Gasteiger partial charge in [0.2, 0.25) is 0 Å². The largest absolute Gasteiger partial charge is 0.445 e. The molecular weight excluding hydrogens is 320 g/mol. The Morgan fingerprint density at radius 3 is 2.48 bits per heavy atom. The second kappa shape index (κ2) is 6.58. The number of likely N-dealkylation sites (tertiary alicyclic amines) is 2. The van der Waals surface area contributed by atoms with Crippen molar-refractivity contribution >= 4 is 12.2 Å². The van der Waals surface area contributed by atoms with Gasteiger partial charge in [0.15, 0.2) is 0 Å². The minimum Gasteiger partial charge on any atom is -0.445 e. The SMILES string of the molecule is C[C@H]1[C@@H]2[C@@H](CCN2C(=O)OC(C)(C)C)N1C(=O)OCc1ccccc1. The molecule has 0 N–H and O–H groups in total. The molecule has 25 heavy (non-hydrogen) atoms. The molecule has 6 heteroatoms. The molecule has 3 atom stereocenters. The summed E-state index contributed by atoms with van der Waals surface area (Å²) in [7, 11) is 0. The Morgan fingerprint density at radius 1 is 1.16 bits per heavy atom. The fourth-order valence-electron chi connectivity index (χ4n) is 3.68. The molecule has 2 heterocycles. The molecule has 0 radical (unpaired) electrons. The molecular formula is C19H26N2O4. The van der Waals surface area contributed by atoms with Gasteiger partial charge in [-0.15, -0.1) is 0 Å². The predicted molar refractivity (Wildman–Crippen MR) is 93.1 cm³/mol. The van der Waals surface area contributed by atoms with E-state index in [1.54, 1.807) is 9.80 Å². The summed E-state index contributed by atoms with van der Waals surface area (Å²) in [5.41, 5.74) is 0.443. The highest BCUT2D eigenvalue weighted by molar-refractivity contribution is 5.74. The molecule has 2 amide bonds. The van der Waals surface area contributed by atoms with Crippen molar-refractivity contribution in [3.8, 4) is 0 Å². The number of benzene rings is 1. The van der Waals surface area contributed by atoms with Crippen molar-refractivity contribution in [1.82, 2.24) is 9.80 Å². The third-order valence-electron chi connectivity index (χ3n) is 4.75. The van der Waals surface area contributed by atoms with Gasteiger partial charge in [-0.1, -0.05) is 30.3 Å². The summed E-state index contributed by atoms with van der Waals surface area (Å²) < 4.78 is 10.9. The molecule has 136 valence electrons. The maximum absolute atomic E-state index is 12.4. The van der Waals surface area contributed by atoms with Crippen LogP contribution in [0.15, 0.2) is 30.3 Å². The van der Waals surface area contributed by atoms with Crippen molar-refractivity contribution in [2.75, 3.05) is 6.54 Å². The summed E-state index contributed by atoms with van der Waals surface area (Å²) in [5.74, 6) is 0. The average molecular weight is 346 g/mol. The van der Waals surface area contributed by atoms with Crippen LogP contribution >= 0.6 is 0 Å². The number of ether oxygens (including phenoxy) is 2. The number of carbonyl (C=O) groups excluding carboxylic acids is 2. The first-order chi connectivity index (χ1) is 11.8. The van der Waals surface area contributed by atoms with E-state index < -0.39 is 5.60 Å². The van der Waals surface area contributed by atoms with Gasteiger partial charge < -0.3 is 14.4 Å². The Hall–Kier alpha value is -2.24. The van der Waals surface area contributed by atoms with Crippen LogP contribution in [0.4, 0.5) is 9.59 Å². The Bertz CT molecular complexity index is 641. The summed E-state index contributed by atoms with van der Waals surface area (Å²) in [6.45, 7) is 8.39. The van der Waals surface area contributed by atoms with Crippen molar-refractivity contribution in [3.05, 3.63) is 35.9 Å². The third-order valence-corrected chi connectivity index (χ3v) is 4.75. The lowest BCUT2D eigenvalue weighted by molar-refractivity contribution is -0.0427. The second-order valence-corrected chi connectivity index (χ2v) is 7.71. The zero-order valence-corrected chi connectivity index (χ0v) is 15.3. The highest BCUT2D eigenvalue weighted by atomic mass is 16.6. The molecule has 0 aromatic heterocycles. The second-order valence-electron chi connectivity index (χ2n) is 7.71. The lowest BCUT2D eigenvalue weighted by Gasteiger charge is -2.51. The van der Waals surface area contributed by atoms with E-state index in [0.717, 1.165) is 12.0 Å². The van der Waals surface area contributed by atoms with E-state index >= 15 is 0 Å². The molecule has 1 aromatic rings. The number of carbonyl (C=O) groups is 2.